The summed E-state index contributed by atoms with van der Waals surface area (Å²) in [6.07, 6.45) is 9.96. The molecular formula is C27H28F2N3O3S-. The molecule has 1 aliphatic carbocycles. The van der Waals surface area contributed by atoms with Crippen LogP contribution in [0.15, 0.2) is 66.8 Å². The largest absolute Gasteiger partial charge is 0.755 e. The van der Waals surface area contributed by atoms with Gasteiger partial charge in [-0.1, -0.05) is 30.4 Å². The molecule has 190 valence electrons. The van der Waals surface area contributed by atoms with Crippen molar-refractivity contribution in [3.8, 4) is 0 Å². The summed E-state index contributed by atoms with van der Waals surface area (Å²) >= 11 is -2.43. The van der Waals surface area contributed by atoms with E-state index in [9.17, 15) is 22.3 Å². The lowest BCUT2D eigenvalue weighted by Crippen LogP contribution is -2.54. The number of carbonyl (C=O) groups is 1. The molecule has 9 heteroatoms. The summed E-state index contributed by atoms with van der Waals surface area (Å²) in [6.45, 7) is 5.55. The van der Waals surface area contributed by atoms with Gasteiger partial charge in [0.1, 0.15) is 0 Å². The Balaban J connectivity index is 1.47. The fraction of sp³-hybridized carbons (Fsp3) is 0.296. The Bertz CT molecular complexity index is 1240. The van der Waals surface area contributed by atoms with Crippen LogP contribution in [0.1, 0.15) is 47.8 Å². The molecule has 0 saturated carbocycles. The molecule has 2 aromatic carbocycles. The number of allylic oxidation sites excluding steroid dienone is 6. The molecule has 36 heavy (non-hydrogen) atoms. The van der Waals surface area contributed by atoms with Crippen LogP contribution in [0.25, 0.3) is 5.57 Å². The molecule has 3 unspecified atom stereocenters. The van der Waals surface area contributed by atoms with Crippen molar-refractivity contribution in [3.63, 3.8) is 0 Å². The summed E-state index contributed by atoms with van der Waals surface area (Å²) < 4.78 is 53.1. The van der Waals surface area contributed by atoms with Crippen LogP contribution >= 0.6 is 0 Å². The first-order valence-corrected chi connectivity index (χ1v) is 12.9. The van der Waals surface area contributed by atoms with Crippen LogP contribution in [-0.2, 0) is 11.3 Å². The summed E-state index contributed by atoms with van der Waals surface area (Å²) in [5.74, 6) is -1.86. The maximum atomic E-state index is 14.7. The summed E-state index contributed by atoms with van der Waals surface area (Å²) in [7, 11) is 0. The molecule has 2 aliphatic rings. The molecule has 0 aromatic heterocycles. The molecule has 1 heterocycles. The smallest absolute Gasteiger partial charge is 0.254 e. The zero-order valence-electron chi connectivity index (χ0n) is 20.1. The number of piperazine rings is 1. The van der Waals surface area contributed by atoms with E-state index in [1.807, 2.05) is 38.2 Å². The minimum absolute atomic E-state index is 0.107. The highest BCUT2D eigenvalue weighted by atomic mass is 32.2. The first-order chi connectivity index (χ1) is 17.2. The fourth-order valence-corrected chi connectivity index (χ4v) is 4.96. The third-order valence-electron chi connectivity index (χ3n) is 6.64. The second-order valence-electron chi connectivity index (χ2n) is 8.98. The molecule has 1 N–H and O–H groups in total. The molecule has 6 nitrogen and oxygen atoms in total. The summed E-state index contributed by atoms with van der Waals surface area (Å²) in [6, 6.07) is 8.97. The molecular weight excluding hydrogens is 484 g/mol. The highest BCUT2D eigenvalue weighted by Gasteiger charge is 2.31. The fourth-order valence-electron chi connectivity index (χ4n) is 4.63. The number of nitrogens with one attached hydrogen (secondary N) is 1. The van der Waals surface area contributed by atoms with Crippen LogP contribution in [0, 0.1) is 11.6 Å². The van der Waals surface area contributed by atoms with Gasteiger partial charge in [-0.2, -0.15) is 0 Å². The van der Waals surface area contributed by atoms with Crippen molar-refractivity contribution in [3.05, 3.63) is 95.1 Å². The highest BCUT2D eigenvalue weighted by Crippen LogP contribution is 2.31. The Labute approximate surface area is 212 Å². The maximum absolute atomic E-state index is 14.7. The van der Waals surface area contributed by atoms with E-state index in [1.165, 1.54) is 6.07 Å². The summed E-state index contributed by atoms with van der Waals surface area (Å²) in [5, 5.41) is 0. The highest BCUT2D eigenvalue weighted by molar-refractivity contribution is 7.80. The number of hydrogen-bond acceptors (Lipinski definition) is 4. The molecule has 0 bridgehead atoms. The van der Waals surface area contributed by atoms with Gasteiger partial charge in [0.15, 0.2) is 11.6 Å². The molecule has 0 spiro atoms. The van der Waals surface area contributed by atoms with Gasteiger partial charge in [-0.3, -0.25) is 13.9 Å². The Hall–Kier alpha value is -3.14. The number of amides is 1. The van der Waals surface area contributed by atoms with E-state index in [4.69, 9.17) is 0 Å². The third-order valence-corrected chi connectivity index (χ3v) is 7.04. The van der Waals surface area contributed by atoms with Gasteiger partial charge in [0, 0.05) is 59.8 Å². The number of halogens is 2. The lowest BCUT2D eigenvalue weighted by Gasteiger charge is -2.42. The number of rotatable bonds is 6. The van der Waals surface area contributed by atoms with Crippen molar-refractivity contribution in [2.75, 3.05) is 24.4 Å². The molecule has 1 amide bonds. The third kappa shape index (κ3) is 5.80. The zero-order valence-corrected chi connectivity index (χ0v) is 20.9. The van der Waals surface area contributed by atoms with Crippen LogP contribution in [-0.4, -0.2) is 50.1 Å². The average Bonchev–Trinajstić information content (AvgIpc) is 3.14. The summed E-state index contributed by atoms with van der Waals surface area (Å²) in [4.78, 5) is 17.0. The lowest BCUT2D eigenvalue weighted by molar-refractivity contribution is 0.0405. The zero-order chi connectivity index (χ0) is 25.8. The predicted molar refractivity (Wildman–Crippen MR) is 137 cm³/mol. The van der Waals surface area contributed by atoms with Crippen LogP contribution in [0.4, 0.5) is 14.5 Å². The number of anilines is 1. The van der Waals surface area contributed by atoms with Crippen molar-refractivity contribution in [1.29, 1.82) is 0 Å². The van der Waals surface area contributed by atoms with Gasteiger partial charge < -0.3 is 14.2 Å². The van der Waals surface area contributed by atoms with Gasteiger partial charge in [-0.15, -0.1) is 0 Å². The number of nitrogens with zero attached hydrogens (tertiary/aromatic N) is 2. The summed E-state index contributed by atoms with van der Waals surface area (Å²) in [5.41, 5.74) is 2.43. The monoisotopic (exact) mass is 512 g/mol. The topological polar surface area (TPSA) is 75.7 Å². The number of carbonyl (C=O) groups excluding carboxylic acids is 1. The van der Waals surface area contributed by atoms with E-state index in [-0.39, 0.29) is 23.6 Å². The van der Waals surface area contributed by atoms with Crippen molar-refractivity contribution in [2.45, 2.75) is 32.4 Å². The van der Waals surface area contributed by atoms with Crippen LogP contribution < -0.4 is 4.72 Å². The van der Waals surface area contributed by atoms with Crippen LogP contribution in [0.2, 0.25) is 0 Å². The Kier molecular flexibility index (Phi) is 8.13. The van der Waals surface area contributed by atoms with E-state index < -0.39 is 22.9 Å². The van der Waals surface area contributed by atoms with Crippen molar-refractivity contribution < 1.29 is 22.3 Å². The van der Waals surface area contributed by atoms with Gasteiger partial charge >= 0.3 is 0 Å². The minimum atomic E-state index is -2.43. The Morgan fingerprint density at radius 1 is 1.17 bits per heavy atom. The maximum Gasteiger partial charge on any atom is 0.254 e. The second kappa shape index (κ2) is 11.3. The SMILES string of the molecule is CC(c1cc(F)c(F)c(C2=CCC=CC=C2)c1)N1CCN(C(=O)c2ccc(NS(=O)[O-])cc2)C(C)C1. The molecule has 4 rings (SSSR count). The normalized spacial score (nSPS) is 20.0. The van der Waals surface area contributed by atoms with Gasteiger partial charge in [0.05, 0.1) is 0 Å². The van der Waals surface area contributed by atoms with E-state index in [1.54, 1.807) is 41.3 Å². The Morgan fingerprint density at radius 2 is 1.92 bits per heavy atom. The van der Waals surface area contributed by atoms with E-state index in [0.29, 0.717) is 48.4 Å². The molecule has 2 aromatic rings. The molecule has 1 saturated heterocycles. The number of benzene rings is 2. The Morgan fingerprint density at radius 3 is 2.61 bits per heavy atom. The molecule has 1 fully saturated rings. The predicted octanol–water partition coefficient (Wildman–Crippen LogP) is 4.98. The van der Waals surface area contributed by atoms with Gasteiger partial charge in [-0.05, 0) is 67.8 Å². The van der Waals surface area contributed by atoms with Crippen molar-refractivity contribution >= 4 is 28.4 Å². The van der Waals surface area contributed by atoms with Crippen LogP contribution in [0.3, 0.4) is 0 Å². The van der Waals surface area contributed by atoms with E-state index >= 15 is 0 Å². The number of hydrogen-bond donors (Lipinski definition) is 1. The van der Waals surface area contributed by atoms with Gasteiger partial charge in [0.25, 0.3) is 5.91 Å². The van der Waals surface area contributed by atoms with Crippen LogP contribution in [0.5, 0.6) is 0 Å². The van der Waals surface area contributed by atoms with Gasteiger partial charge in [0.2, 0.25) is 0 Å². The molecule has 3 atom stereocenters. The minimum Gasteiger partial charge on any atom is -0.755 e. The molecule has 0 radical (unpaired) electrons. The van der Waals surface area contributed by atoms with E-state index in [2.05, 4.69) is 9.62 Å². The average molecular weight is 513 g/mol. The second-order valence-corrected chi connectivity index (χ2v) is 9.65. The van der Waals surface area contributed by atoms with Crippen molar-refractivity contribution in [1.82, 2.24) is 9.80 Å². The first-order valence-electron chi connectivity index (χ1n) is 11.8. The lowest BCUT2D eigenvalue weighted by atomic mass is 9.96. The van der Waals surface area contributed by atoms with E-state index in [0.717, 1.165) is 0 Å². The van der Waals surface area contributed by atoms with Gasteiger partial charge in [-0.25, -0.2) is 8.78 Å². The van der Waals surface area contributed by atoms with Crippen molar-refractivity contribution in [2.24, 2.45) is 0 Å². The standard InChI is InChI=1S/C27H29F2N3O3S/c1-18-17-31(13-14-32(18)27(33)21-9-11-23(12-10-21)30-36(34)35)19(2)22-15-24(26(29)25(28)16-22)20-7-5-3-4-6-8-20/h3-5,7-12,15-16,18-19,30H,6,13-14,17H2,1-2H3,(H,34,35)/p-1. The first kappa shape index (κ1) is 25.9. The molecule has 1 aliphatic heterocycles. The quantitative estimate of drug-likeness (QED) is 0.554.